The first kappa shape index (κ1) is 26.5. The maximum absolute atomic E-state index is 5.81. The third-order valence-electron chi connectivity index (χ3n) is 2.68. The van der Waals surface area contributed by atoms with E-state index in [1.54, 1.807) is 14.2 Å². The zero-order valence-corrected chi connectivity index (χ0v) is 17.6. The zero-order chi connectivity index (χ0) is 18.5. The summed E-state index contributed by atoms with van der Waals surface area (Å²) in [4.78, 5) is 0. The van der Waals surface area contributed by atoms with E-state index in [-0.39, 0.29) is 7.43 Å². The summed E-state index contributed by atoms with van der Waals surface area (Å²) in [5.41, 5.74) is 2.31. The number of rotatable bonds is 3. The number of methoxy groups -OCH3 is 2. The first-order chi connectivity index (χ1) is 11.4. The minimum absolute atomic E-state index is 0. The number of hydrogen-bond acceptors (Lipinski definition) is 4. The molecule has 2 aromatic rings. The molecule has 0 saturated heterocycles. The molecule has 137 valence electrons. The number of thiol groups is 1. The minimum atomic E-state index is 0. The van der Waals surface area contributed by atoms with Crippen molar-refractivity contribution in [2.24, 2.45) is 4.30 Å². The summed E-state index contributed by atoms with van der Waals surface area (Å²) in [6.07, 6.45) is 0. The standard InChI is InChI=1S/C8H8BrClO.C8H9ClO.CH4.BHNS/c1-11-8-4-6(5-9)2-3-7(8)10;1-6-3-4-7(9)8(5-6)10-2;;1-2-3/h2-4H,5H2,1H3;3-5H,1-2H3;1H4;3H. The number of ether oxygens (including phenoxy) is 2. The van der Waals surface area contributed by atoms with Gasteiger partial charge in [-0.25, -0.2) is 0 Å². The zero-order valence-electron chi connectivity index (χ0n) is 13.6. The van der Waals surface area contributed by atoms with Crippen LogP contribution in [0.1, 0.15) is 18.6 Å². The van der Waals surface area contributed by atoms with E-state index < -0.39 is 0 Å². The van der Waals surface area contributed by atoms with Gasteiger partial charge in [0.1, 0.15) is 11.5 Å². The third kappa shape index (κ3) is 10.8. The van der Waals surface area contributed by atoms with Crippen molar-refractivity contribution in [1.82, 2.24) is 0 Å². The van der Waals surface area contributed by atoms with Gasteiger partial charge in [0, 0.05) is 5.33 Å². The molecule has 0 N–H and O–H groups in total. The van der Waals surface area contributed by atoms with Crippen molar-refractivity contribution in [3.8, 4) is 11.5 Å². The summed E-state index contributed by atoms with van der Waals surface area (Å²) < 4.78 is 12.7. The van der Waals surface area contributed by atoms with E-state index in [9.17, 15) is 0 Å². The first-order valence-electron chi connectivity index (χ1n) is 6.66. The van der Waals surface area contributed by atoms with Gasteiger partial charge in [-0.3, -0.25) is 0 Å². The molecule has 0 aromatic heterocycles. The van der Waals surface area contributed by atoms with Gasteiger partial charge in [0.05, 0.1) is 24.3 Å². The van der Waals surface area contributed by atoms with E-state index in [0.717, 1.165) is 28.0 Å². The van der Waals surface area contributed by atoms with E-state index in [0.29, 0.717) is 10.0 Å². The fraction of sp³-hybridized carbons (Fsp3) is 0.294. The summed E-state index contributed by atoms with van der Waals surface area (Å²) in [5, 5.41) is 2.13. The summed E-state index contributed by atoms with van der Waals surface area (Å²) in [6.45, 7) is 2.00. The number of halogens is 3. The van der Waals surface area contributed by atoms with Crippen molar-refractivity contribution in [1.29, 1.82) is 0 Å². The Morgan fingerprint density at radius 3 is 1.88 bits per heavy atom. The molecule has 0 atom stereocenters. The maximum atomic E-state index is 5.81. The average Bonchev–Trinajstić information content (AvgIpc) is 2.59. The van der Waals surface area contributed by atoms with Crippen LogP contribution in [0.15, 0.2) is 40.7 Å². The Morgan fingerprint density at radius 1 is 1.04 bits per heavy atom. The summed E-state index contributed by atoms with van der Waals surface area (Å²) >= 11 is 18.1. The van der Waals surface area contributed by atoms with Crippen LogP contribution in [-0.2, 0) is 5.33 Å². The van der Waals surface area contributed by atoms with Crippen molar-refractivity contribution < 1.29 is 9.47 Å². The van der Waals surface area contributed by atoms with Crippen LogP contribution >= 0.6 is 51.9 Å². The van der Waals surface area contributed by atoms with Crippen molar-refractivity contribution in [3.05, 3.63) is 57.6 Å². The van der Waals surface area contributed by atoms with E-state index >= 15 is 0 Å². The molecule has 3 nitrogen and oxygen atoms in total. The van der Waals surface area contributed by atoms with Crippen LogP contribution in [0.4, 0.5) is 0 Å². The molecule has 0 aliphatic rings. The fourth-order valence-corrected chi connectivity index (χ4v) is 2.29. The SMILES string of the molecule is C.COc1cc(C)ccc1Cl.COc1cc(CBr)ccc1Cl.[B]=NS. The van der Waals surface area contributed by atoms with Crippen molar-refractivity contribution >= 4 is 59.6 Å². The molecule has 0 amide bonds. The number of benzene rings is 2. The molecule has 0 spiro atoms. The average molecular weight is 466 g/mol. The van der Waals surface area contributed by atoms with Crippen molar-refractivity contribution in [2.45, 2.75) is 19.7 Å². The molecule has 0 fully saturated rings. The van der Waals surface area contributed by atoms with Gasteiger partial charge in [0.25, 0.3) is 0 Å². The molecule has 0 saturated carbocycles. The van der Waals surface area contributed by atoms with E-state index in [2.05, 4.69) is 40.7 Å². The Morgan fingerprint density at radius 2 is 1.48 bits per heavy atom. The predicted molar refractivity (Wildman–Crippen MR) is 117 cm³/mol. The van der Waals surface area contributed by atoms with E-state index in [1.165, 1.54) is 0 Å². The summed E-state index contributed by atoms with van der Waals surface area (Å²) in [6, 6.07) is 11.4. The topological polar surface area (TPSA) is 30.8 Å². The van der Waals surface area contributed by atoms with Gasteiger partial charge >= 0.3 is 24.8 Å². The van der Waals surface area contributed by atoms with Crippen LogP contribution in [0.3, 0.4) is 0 Å². The number of nitrogens with zero attached hydrogens (tertiary/aromatic N) is 1. The van der Waals surface area contributed by atoms with Crippen molar-refractivity contribution in [2.75, 3.05) is 14.2 Å². The molecule has 0 unspecified atom stereocenters. The Balaban J connectivity index is 0. The number of hydrogen-bond donors (Lipinski definition) is 1. The predicted octanol–water partition coefficient (Wildman–Crippen LogP) is 6.72. The van der Waals surface area contributed by atoms with Gasteiger partial charge in [-0.2, -0.15) is 0 Å². The summed E-state index contributed by atoms with van der Waals surface area (Å²) in [7, 11) is 7.56. The molecule has 0 heterocycles. The second-order valence-electron chi connectivity index (χ2n) is 4.36. The van der Waals surface area contributed by atoms with Gasteiger partial charge in [-0.05, 0) is 42.3 Å². The van der Waals surface area contributed by atoms with Crippen LogP contribution in [0.2, 0.25) is 10.0 Å². The van der Waals surface area contributed by atoms with Gasteiger partial charge in [0.15, 0.2) is 0 Å². The molecule has 8 heteroatoms. The monoisotopic (exact) mass is 464 g/mol. The quantitative estimate of drug-likeness (QED) is 0.310. The summed E-state index contributed by atoms with van der Waals surface area (Å²) in [5.74, 6) is 1.46. The molecule has 2 rings (SSSR count). The van der Waals surface area contributed by atoms with E-state index in [1.807, 2.05) is 43.3 Å². The number of alkyl halides is 1. The Kier molecular flexibility index (Phi) is 16.5. The van der Waals surface area contributed by atoms with Gasteiger partial charge in [-0.15, -0.1) is 0 Å². The molecular formula is C17H22BBrCl2NO2S. The molecule has 0 aliphatic heterocycles. The second-order valence-corrected chi connectivity index (χ2v) is 5.96. The van der Waals surface area contributed by atoms with Gasteiger partial charge < -0.3 is 9.47 Å². The van der Waals surface area contributed by atoms with Crippen LogP contribution in [-0.4, -0.2) is 21.9 Å². The Labute approximate surface area is 175 Å². The van der Waals surface area contributed by atoms with Crippen LogP contribution in [0, 0.1) is 6.92 Å². The van der Waals surface area contributed by atoms with Crippen LogP contribution in [0.5, 0.6) is 11.5 Å². The van der Waals surface area contributed by atoms with Crippen molar-refractivity contribution in [3.63, 3.8) is 0 Å². The molecule has 0 bridgehead atoms. The number of aryl methyl sites for hydroxylation is 1. The Hall–Kier alpha value is -0.685. The normalized spacial score (nSPS) is 8.56. The molecule has 0 aliphatic carbocycles. The van der Waals surface area contributed by atoms with Gasteiger partial charge in [-0.1, -0.05) is 58.7 Å². The molecule has 1 radical (unpaired) electrons. The second kappa shape index (κ2) is 15.6. The van der Waals surface area contributed by atoms with Gasteiger partial charge in [0.2, 0.25) is 0 Å². The first-order valence-corrected chi connectivity index (χ1v) is 8.94. The third-order valence-corrected chi connectivity index (χ3v) is 3.95. The van der Waals surface area contributed by atoms with E-state index in [4.69, 9.17) is 32.7 Å². The van der Waals surface area contributed by atoms with Crippen LogP contribution in [0.25, 0.3) is 0 Å². The molecule has 2 aromatic carbocycles. The molecular weight excluding hydrogens is 444 g/mol. The fourth-order valence-electron chi connectivity index (χ4n) is 1.55. The molecule has 25 heavy (non-hydrogen) atoms. The van der Waals surface area contributed by atoms with Crippen LogP contribution < -0.4 is 9.47 Å². The Bertz CT molecular complexity index is 648.